The second-order valence-corrected chi connectivity index (χ2v) is 8.88. The van der Waals surface area contributed by atoms with Gasteiger partial charge in [-0.05, 0) is 70.6 Å². The molecule has 26 heavy (non-hydrogen) atoms. The first kappa shape index (κ1) is 18.7. The lowest BCUT2D eigenvalue weighted by Gasteiger charge is -2.36. The number of fused-ring (bicyclic) bond motifs is 3. The van der Waals surface area contributed by atoms with Crippen molar-refractivity contribution in [3.63, 3.8) is 0 Å². The van der Waals surface area contributed by atoms with Gasteiger partial charge in [0.25, 0.3) is 0 Å². The lowest BCUT2D eigenvalue weighted by Crippen LogP contribution is -2.43. The van der Waals surface area contributed by atoms with E-state index in [4.69, 9.17) is 14.5 Å². The minimum atomic E-state index is -0.501. The molecule has 0 aromatic rings. The number of nitrogens with zero attached hydrogens (tertiary/aromatic N) is 1. The minimum Gasteiger partial charge on any atom is -0.347 e. The van der Waals surface area contributed by atoms with E-state index >= 15 is 0 Å². The molecule has 4 aliphatic rings. The van der Waals surface area contributed by atoms with E-state index in [-0.39, 0.29) is 5.92 Å². The van der Waals surface area contributed by atoms with Gasteiger partial charge in [0.2, 0.25) is 11.7 Å². The Morgan fingerprint density at radius 1 is 1.04 bits per heavy atom. The van der Waals surface area contributed by atoms with Crippen LogP contribution in [0.25, 0.3) is 0 Å². The number of carbonyl (C=O) groups excluding carboxylic acids is 1. The Kier molecular flexibility index (Phi) is 5.32. The maximum Gasteiger partial charge on any atom is 0.225 e. The normalized spacial score (nSPS) is 42.8. The Morgan fingerprint density at radius 3 is 2.54 bits per heavy atom. The molecule has 2 bridgehead atoms. The third-order valence-corrected chi connectivity index (χ3v) is 7.54. The molecule has 0 aromatic heterocycles. The maximum absolute atomic E-state index is 12.8. The van der Waals surface area contributed by atoms with Crippen LogP contribution in [0.15, 0.2) is 0 Å². The molecule has 1 heterocycles. The highest BCUT2D eigenvalue weighted by Crippen LogP contribution is 2.75. The average molecular weight is 366 g/mol. The SMILES string of the molecule is CCN(CC)C(=O)C1CCCOOC2(OCCC1)C1CCCC3(C1)CC32. The number of rotatable bonds is 3. The lowest BCUT2D eigenvalue weighted by molar-refractivity contribution is -0.446. The quantitative estimate of drug-likeness (QED) is 0.711. The Balaban J connectivity index is 1.41. The van der Waals surface area contributed by atoms with Gasteiger partial charge in [-0.1, -0.05) is 6.42 Å². The van der Waals surface area contributed by atoms with E-state index in [0.717, 1.165) is 38.8 Å². The summed E-state index contributed by atoms with van der Waals surface area (Å²) in [7, 11) is 0. The van der Waals surface area contributed by atoms with Gasteiger partial charge in [-0.3, -0.25) is 4.79 Å². The van der Waals surface area contributed by atoms with E-state index in [1.54, 1.807) is 0 Å². The van der Waals surface area contributed by atoms with E-state index in [2.05, 4.69) is 13.8 Å². The molecule has 0 aromatic carbocycles. The fourth-order valence-corrected chi connectivity index (χ4v) is 6.08. The first-order chi connectivity index (χ1) is 12.6. The molecule has 0 radical (unpaired) electrons. The van der Waals surface area contributed by atoms with Crippen molar-refractivity contribution in [3.8, 4) is 0 Å². The molecule has 5 atom stereocenters. The molecule has 5 heteroatoms. The summed E-state index contributed by atoms with van der Waals surface area (Å²) in [4.78, 5) is 26.5. The third-order valence-electron chi connectivity index (χ3n) is 7.54. The van der Waals surface area contributed by atoms with E-state index in [9.17, 15) is 4.79 Å². The van der Waals surface area contributed by atoms with Crippen molar-refractivity contribution in [2.24, 2.45) is 23.2 Å². The van der Waals surface area contributed by atoms with Gasteiger partial charge in [0.15, 0.2) is 0 Å². The van der Waals surface area contributed by atoms with Gasteiger partial charge < -0.3 is 9.64 Å². The number of hydrogen-bond donors (Lipinski definition) is 0. The summed E-state index contributed by atoms with van der Waals surface area (Å²) in [6, 6.07) is 0. The number of carbonyl (C=O) groups is 1. The molecule has 0 N–H and O–H groups in total. The summed E-state index contributed by atoms with van der Waals surface area (Å²) >= 11 is 0. The van der Waals surface area contributed by atoms with Gasteiger partial charge in [0.05, 0.1) is 13.2 Å². The van der Waals surface area contributed by atoms with Gasteiger partial charge in [-0.2, -0.15) is 0 Å². The van der Waals surface area contributed by atoms with Crippen LogP contribution in [0.1, 0.15) is 71.6 Å². The molecule has 4 fully saturated rings. The zero-order valence-corrected chi connectivity index (χ0v) is 16.5. The zero-order valence-electron chi connectivity index (χ0n) is 16.5. The topological polar surface area (TPSA) is 48.0 Å². The third kappa shape index (κ3) is 3.10. The van der Waals surface area contributed by atoms with Crippen molar-refractivity contribution in [3.05, 3.63) is 0 Å². The van der Waals surface area contributed by atoms with Crippen LogP contribution >= 0.6 is 0 Å². The molecule has 4 rings (SSSR count). The average Bonchev–Trinajstić information content (AvgIpc) is 3.31. The highest BCUT2D eigenvalue weighted by atomic mass is 17.2. The number of hydrogen-bond acceptors (Lipinski definition) is 4. The van der Waals surface area contributed by atoms with E-state index in [1.165, 1.54) is 32.1 Å². The van der Waals surface area contributed by atoms with Crippen LogP contribution < -0.4 is 0 Å². The lowest BCUT2D eigenvalue weighted by atomic mass is 9.82. The first-order valence-corrected chi connectivity index (χ1v) is 10.9. The van der Waals surface area contributed by atoms with Crippen molar-refractivity contribution in [1.82, 2.24) is 4.90 Å². The van der Waals surface area contributed by atoms with Crippen LogP contribution in [0.3, 0.4) is 0 Å². The summed E-state index contributed by atoms with van der Waals surface area (Å²) in [6.45, 7) is 6.92. The monoisotopic (exact) mass is 365 g/mol. The highest BCUT2D eigenvalue weighted by molar-refractivity contribution is 5.78. The highest BCUT2D eigenvalue weighted by Gasteiger charge is 2.75. The van der Waals surface area contributed by atoms with E-state index in [1.807, 2.05) is 4.90 Å². The van der Waals surface area contributed by atoms with Crippen LogP contribution in [-0.2, 0) is 19.3 Å². The molecule has 1 amide bonds. The molecule has 1 aliphatic heterocycles. The second-order valence-electron chi connectivity index (χ2n) is 8.88. The Hall–Kier alpha value is -0.650. The number of ether oxygens (including phenoxy) is 1. The van der Waals surface area contributed by atoms with Gasteiger partial charge in [-0.25, -0.2) is 9.78 Å². The first-order valence-electron chi connectivity index (χ1n) is 10.9. The Labute approximate surface area is 157 Å². The molecular weight excluding hydrogens is 330 g/mol. The summed E-state index contributed by atoms with van der Waals surface area (Å²) < 4.78 is 6.45. The van der Waals surface area contributed by atoms with E-state index < -0.39 is 5.79 Å². The summed E-state index contributed by atoms with van der Waals surface area (Å²) in [6.07, 6.45) is 9.92. The Bertz CT molecular complexity index is 516. The van der Waals surface area contributed by atoms with Crippen molar-refractivity contribution < 1.29 is 19.3 Å². The predicted octanol–water partition coefficient (Wildman–Crippen LogP) is 3.92. The molecule has 1 saturated heterocycles. The van der Waals surface area contributed by atoms with Gasteiger partial charge in [-0.15, -0.1) is 0 Å². The van der Waals surface area contributed by atoms with Crippen LogP contribution in [0.2, 0.25) is 0 Å². The second kappa shape index (κ2) is 7.40. The van der Waals surface area contributed by atoms with Gasteiger partial charge >= 0.3 is 0 Å². The largest absolute Gasteiger partial charge is 0.347 e. The zero-order chi connectivity index (χ0) is 18.2. The molecule has 148 valence electrons. The fraction of sp³-hybridized carbons (Fsp3) is 0.952. The molecular formula is C21H35NO4. The van der Waals surface area contributed by atoms with Crippen LogP contribution in [-0.4, -0.2) is 42.9 Å². The van der Waals surface area contributed by atoms with E-state index in [0.29, 0.717) is 36.4 Å². The summed E-state index contributed by atoms with van der Waals surface area (Å²) in [5, 5.41) is 0. The van der Waals surface area contributed by atoms with Crippen LogP contribution in [0.5, 0.6) is 0 Å². The molecule has 3 aliphatic carbocycles. The maximum atomic E-state index is 12.8. The van der Waals surface area contributed by atoms with Crippen molar-refractivity contribution >= 4 is 5.91 Å². The summed E-state index contributed by atoms with van der Waals surface area (Å²) in [5.74, 6) is 0.897. The smallest absolute Gasteiger partial charge is 0.225 e. The summed E-state index contributed by atoms with van der Waals surface area (Å²) in [5.41, 5.74) is 0.494. The Morgan fingerprint density at radius 2 is 1.81 bits per heavy atom. The van der Waals surface area contributed by atoms with Crippen molar-refractivity contribution in [2.45, 2.75) is 77.4 Å². The molecule has 2 spiro atoms. The van der Waals surface area contributed by atoms with Gasteiger partial charge in [0.1, 0.15) is 0 Å². The van der Waals surface area contributed by atoms with Gasteiger partial charge in [0, 0.05) is 30.8 Å². The van der Waals surface area contributed by atoms with Crippen LogP contribution in [0.4, 0.5) is 0 Å². The fourth-order valence-electron chi connectivity index (χ4n) is 6.08. The minimum absolute atomic E-state index is 0.0891. The predicted molar refractivity (Wildman–Crippen MR) is 98.1 cm³/mol. The molecule has 5 nitrogen and oxygen atoms in total. The van der Waals surface area contributed by atoms with Crippen molar-refractivity contribution in [1.29, 1.82) is 0 Å². The van der Waals surface area contributed by atoms with Crippen LogP contribution in [0, 0.1) is 23.2 Å². The molecule has 3 saturated carbocycles. The van der Waals surface area contributed by atoms with Crippen molar-refractivity contribution in [2.75, 3.05) is 26.3 Å². The molecule has 5 unspecified atom stereocenters. The number of amides is 1. The standard InChI is InChI=1S/C21H35NO4/c1-3-22(4-2)19(23)16-8-6-12-24-21(26-25-13-7-9-16)17-10-5-11-20(14-17)15-18(20)21/h16-18H,3-15H2,1-2H3.